The molecule has 4 N–H and O–H groups in total. The van der Waals surface area contributed by atoms with Crippen molar-refractivity contribution >= 4 is 11.8 Å². The van der Waals surface area contributed by atoms with E-state index in [9.17, 15) is 9.59 Å². The van der Waals surface area contributed by atoms with Gasteiger partial charge in [-0.1, -0.05) is 0 Å². The van der Waals surface area contributed by atoms with Gasteiger partial charge < -0.3 is 16.4 Å². The minimum Gasteiger partial charge on any atom is -0.368 e. The fourth-order valence-corrected chi connectivity index (χ4v) is 0.864. The number of hydrogen-bond donors (Lipinski definition) is 2. The molecule has 0 aliphatic heterocycles. The molecule has 0 aliphatic rings. The third kappa shape index (κ3) is 6.10. The summed E-state index contributed by atoms with van der Waals surface area (Å²) in [6, 6.07) is 0.00549. The van der Waals surface area contributed by atoms with E-state index in [0.717, 1.165) is 0 Å². The lowest BCUT2D eigenvalue weighted by atomic mass is 10.2. The summed E-state index contributed by atoms with van der Waals surface area (Å²) in [4.78, 5) is 23.0. The number of amides is 2. The van der Waals surface area contributed by atoms with Gasteiger partial charge in [-0.15, -0.1) is 0 Å². The lowest BCUT2D eigenvalue weighted by Crippen LogP contribution is -2.35. The van der Waals surface area contributed by atoms with Gasteiger partial charge in [0.1, 0.15) is 0 Å². The number of carbonyl (C=O) groups is 2. The van der Waals surface area contributed by atoms with Crippen LogP contribution in [0.1, 0.15) is 19.8 Å². The first kappa shape index (κ1) is 11.9. The molecule has 0 heterocycles. The SMILES string of the molecule is CC(N)CCC(=O)N(C)CC(N)=O. The molecule has 1 unspecified atom stereocenters. The van der Waals surface area contributed by atoms with Gasteiger partial charge in [0.15, 0.2) is 0 Å². The molecule has 2 amide bonds. The highest BCUT2D eigenvalue weighted by molar-refractivity contribution is 5.83. The minimum absolute atomic E-state index is 0.00549. The van der Waals surface area contributed by atoms with Crippen molar-refractivity contribution in [1.82, 2.24) is 4.90 Å². The zero-order chi connectivity index (χ0) is 10.4. The summed E-state index contributed by atoms with van der Waals surface area (Å²) in [5, 5.41) is 0. The highest BCUT2D eigenvalue weighted by atomic mass is 16.2. The topological polar surface area (TPSA) is 89.4 Å². The van der Waals surface area contributed by atoms with Gasteiger partial charge in [-0.25, -0.2) is 0 Å². The predicted molar refractivity (Wildman–Crippen MR) is 49.7 cm³/mol. The van der Waals surface area contributed by atoms with Gasteiger partial charge in [0.05, 0.1) is 6.54 Å². The van der Waals surface area contributed by atoms with E-state index in [1.165, 1.54) is 4.90 Å². The van der Waals surface area contributed by atoms with Gasteiger partial charge >= 0.3 is 0 Å². The van der Waals surface area contributed by atoms with Gasteiger partial charge in [0.25, 0.3) is 0 Å². The fourth-order valence-electron chi connectivity index (χ4n) is 0.864. The van der Waals surface area contributed by atoms with Crippen LogP contribution in [0, 0.1) is 0 Å². The third-order valence-electron chi connectivity index (χ3n) is 1.63. The second-order valence-electron chi connectivity index (χ2n) is 3.23. The zero-order valence-electron chi connectivity index (χ0n) is 8.12. The molecular formula is C8H17N3O2. The van der Waals surface area contributed by atoms with Crippen molar-refractivity contribution in [3.8, 4) is 0 Å². The van der Waals surface area contributed by atoms with E-state index < -0.39 is 5.91 Å². The molecular weight excluding hydrogens is 170 g/mol. The highest BCUT2D eigenvalue weighted by Crippen LogP contribution is 1.97. The first-order valence-electron chi connectivity index (χ1n) is 4.21. The maximum absolute atomic E-state index is 11.2. The van der Waals surface area contributed by atoms with Crippen LogP contribution >= 0.6 is 0 Å². The van der Waals surface area contributed by atoms with Crippen molar-refractivity contribution in [3.63, 3.8) is 0 Å². The van der Waals surface area contributed by atoms with E-state index in [1.807, 2.05) is 6.92 Å². The van der Waals surface area contributed by atoms with Crippen LogP contribution in [0.15, 0.2) is 0 Å². The number of rotatable bonds is 5. The lowest BCUT2D eigenvalue weighted by Gasteiger charge is -2.15. The van der Waals surface area contributed by atoms with Crippen LogP contribution < -0.4 is 11.5 Å². The van der Waals surface area contributed by atoms with Crippen molar-refractivity contribution in [1.29, 1.82) is 0 Å². The van der Waals surface area contributed by atoms with Gasteiger partial charge in [-0.05, 0) is 13.3 Å². The molecule has 76 valence electrons. The lowest BCUT2D eigenvalue weighted by molar-refractivity contribution is -0.133. The van der Waals surface area contributed by atoms with E-state index in [2.05, 4.69) is 0 Å². The van der Waals surface area contributed by atoms with Crippen LogP contribution in [0.25, 0.3) is 0 Å². The molecule has 0 aromatic rings. The maximum atomic E-state index is 11.2. The second-order valence-corrected chi connectivity index (χ2v) is 3.23. The molecule has 1 atom stereocenters. The molecule has 5 heteroatoms. The molecule has 0 spiro atoms. The van der Waals surface area contributed by atoms with Crippen molar-refractivity contribution in [2.75, 3.05) is 13.6 Å². The van der Waals surface area contributed by atoms with Gasteiger partial charge in [-0.2, -0.15) is 0 Å². The second kappa shape index (κ2) is 5.53. The standard InChI is InChI=1S/C8H17N3O2/c1-6(9)3-4-8(13)11(2)5-7(10)12/h6H,3-5,9H2,1-2H3,(H2,10,12). The number of nitrogens with two attached hydrogens (primary N) is 2. The number of hydrogen-bond acceptors (Lipinski definition) is 3. The zero-order valence-corrected chi connectivity index (χ0v) is 8.12. The number of likely N-dealkylation sites (N-methyl/N-ethyl adjacent to an activating group) is 1. The average Bonchev–Trinajstić information content (AvgIpc) is 1.98. The van der Waals surface area contributed by atoms with E-state index >= 15 is 0 Å². The summed E-state index contributed by atoms with van der Waals surface area (Å²) in [6.07, 6.45) is 0.989. The van der Waals surface area contributed by atoms with E-state index in [1.54, 1.807) is 7.05 Å². The van der Waals surface area contributed by atoms with Crippen molar-refractivity contribution < 1.29 is 9.59 Å². The summed E-state index contributed by atoms with van der Waals surface area (Å²) in [5.74, 6) is -0.604. The molecule has 0 radical (unpaired) electrons. The molecule has 0 saturated heterocycles. The average molecular weight is 187 g/mol. The molecule has 0 saturated carbocycles. The Morgan fingerprint density at radius 1 is 1.46 bits per heavy atom. The van der Waals surface area contributed by atoms with E-state index in [-0.39, 0.29) is 18.5 Å². The van der Waals surface area contributed by atoms with Crippen LogP contribution in [-0.4, -0.2) is 36.3 Å². The number of carbonyl (C=O) groups excluding carboxylic acids is 2. The predicted octanol–water partition coefficient (Wildman–Crippen LogP) is -0.942. The molecule has 0 aliphatic carbocycles. The third-order valence-corrected chi connectivity index (χ3v) is 1.63. The highest BCUT2D eigenvalue weighted by Gasteiger charge is 2.10. The smallest absolute Gasteiger partial charge is 0.237 e. The van der Waals surface area contributed by atoms with Crippen molar-refractivity contribution in [2.45, 2.75) is 25.8 Å². The van der Waals surface area contributed by atoms with Crippen LogP contribution in [0.5, 0.6) is 0 Å². The summed E-state index contributed by atoms with van der Waals surface area (Å²) >= 11 is 0. The minimum atomic E-state index is -0.503. The Morgan fingerprint density at radius 2 is 2.00 bits per heavy atom. The van der Waals surface area contributed by atoms with Gasteiger partial charge in [0, 0.05) is 19.5 Å². The number of primary amides is 1. The van der Waals surface area contributed by atoms with Crippen LogP contribution in [0.4, 0.5) is 0 Å². The Hall–Kier alpha value is -1.10. The molecule has 0 aromatic heterocycles. The van der Waals surface area contributed by atoms with Crippen molar-refractivity contribution in [3.05, 3.63) is 0 Å². The molecule has 5 nitrogen and oxygen atoms in total. The first-order chi connectivity index (χ1) is 5.93. The largest absolute Gasteiger partial charge is 0.368 e. The van der Waals surface area contributed by atoms with Crippen LogP contribution in [0.3, 0.4) is 0 Å². The Morgan fingerprint density at radius 3 is 2.38 bits per heavy atom. The summed E-state index contributed by atoms with van der Waals surface area (Å²) in [6.45, 7) is 1.80. The summed E-state index contributed by atoms with van der Waals surface area (Å²) < 4.78 is 0. The summed E-state index contributed by atoms with van der Waals surface area (Å²) in [5.41, 5.74) is 10.4. The molecule has 0 bridgehead atoms. The number of nitrogens with zero attached hydrogens (tertiary/aromatic N) is 1. The Balaban J connectivity index is 3.76. The van der Waals surface area contributed by atoms with Crippen LogP contribution in [0.2, 0.25) is 0 Å². The molecule has 13 heavy (non-hydrogen) atoms. The maximum Gasteiger partial charge on any atom is 0.237 e. The Bertz CT molecular complexity index is 192. The van der Waals surface area contributed by atoms with Crippen LogP contribution in [-0.2, 0) is 9.59 Å². The van der Waals surface area contributed by atoms with Gasteiger partial charge in [-0.3, -0.25) is 9.59 Å². The molecule has 0 aromatic carbocycles. The quantitative estimate of drug-likeness (QED) is 0.582. The molecule has 0 fully saturated rings. The van der Waals surface area contributed by atoms with Crippen molar-refractivity contribution in [2.24, 2.45) is 11.5 Å². The fraction of sp³-hybridized carbons (Fsp3) is 0.750. The first-order valence-corrected chi connectivity index (χ1v) is 4.21. The van der Waals surface area contributed by atoms with Gasteiger partial charge in [0.2, 0.25) is 11.8 Å². The monoisotopic (exact) mass is 187 g/mol. The summed E-state index contributed by atoms with van der Waals surface area (Å²) in [7, 11) is 1.55. The molecule has 0 rings (SSSR count). The Labute approximate surface area is 78.1 Å². The van der Waals surface area contributed by atoms with E-state index in [0.29, 0.717) is 12.8 Å². The van der Waals surface area contributed by atoms with E-state index in [4.69, 9.17) is 11.5 Å². The Kier molecular flexibility index (Phi) is 5.06. The normalized spacial score (nSPS) is 12.2.